The molecular formula is C23H19NO5S. The van der Waals surface area contributed by atoms with Gasteiger partial charge in [0.25, 0.3) is 11.7 Å². The molecule has 1 saturated heterocycles. The number of carbonyl (C=O) groups is 2. The number of nitrogens with zero attached hydrogens (tertiary/aromatic N) is 1. The minimum atomic E-state index is -0.907. The van der Waals surface area contributed by atoms with E-state index >= 15 is 0 Å². The standard InChI is InChI=1S/C23H19NO5S/c1-29-15-10-8-14(9-11-15)21(26)19-20(17-6-2-3-7-18(17)25)24(23(28)22(19)27)13-16-5-4-12-30-16/h2-12,20,25-26H,13H2,1H3/b21-19+. The van der Waals surface area contributed by atoms with Gasteiger partial charge in [0.2, 0.25) is 0 Å². The minimum Gasteiger partial charge on any atom is -0.508 e. The van der Waals surface area contributed by atoms with Crippen LogP contribution in [-0.2, 0) is 16.1 Å². The molecule has 2 heterocycles. The lowest BCUT2D eigenvalue weighted by Gasteiger charge is -2.25. The van der Waals surface area contributed by atoms with E-state index in [1.54, 1.807) is 42.5 Å². The fourth-order valence-electron chi connectivity index (χ4n) is 3.56. The van der Waals surface area contributed by atoms with Gasteiger partial charge >= 0.3 is 0 Å². The SMILES string of the molecule is COc1ccc(/C(O)=C2\C(=O)C(=O)N(Cc3cccs3)C2c2ccccc2O)cc1. The second-order valence-corrected chi connectivity index (χ2v) is 7.83. The molecule has 0 bridgehead atoms. The van der Waals surface area contributed by atoms with Crippen LogP contribution < -0.4 is 4.74 Å². The maximum absolute atomic E-state index is 13.0. The van der Waals surface area contributed by atoms with Crippen molar-refractivity contribution < 1.29 is 24.5 Å². The number of hydrogen-bond donors (Lipinski definition) is 2. The number of carbonyl (C=O) groups excluding carboxylic acids is 2. The number of likely N-dealkylation sites (tertiary alicyclic amines) is 1. The molecule has 1 aliphatic rings. The molecule has 0 radical (unpaired) electrons. The van der Waals surface area contributed by atoms with Crippen LogP contribution in [0.15, 0.2) is 71.6 Å². The summed E-state index contributed by atoms with van der Waals surface area (Å²) >= 11 is 1.46. The lowest BCUT2D eigenvalue weighted by molar-refractivity contribution is -0.140. The zero-order valence-corrected chi connectivity index (χ0v) is 16.9. The molecule has 1 aromatic heterocycles. The third kappa shape index (κ3) is 3.44. The summed E-state index contributed by atoms with van der Waals surface area (Å²) in [5.74, 6) is -1.25. The number of amides is 1. The Kier molecular flexibility index (Phi) is 5.29. The molecule has 2 N–H and O–H groups in total. The molecule has 1 amide bonds. The number of phenolic OH excluding ortho intramolecular Hbond substituents is 1. The van der Waals surface area contributed by atoms with Gasteiger partial charge in [-0.15, -0.1) is 11.3 Å². The Labute approximate surface area is 177 Å². The zero-order chi connectivity index (χ0) is 21.3. The highest BCUT2D eigenvalue weighted by molar-refractivity contribution is 7.09. The number of phenols is 1. The molecule has 6 nitrogen and oxygen atoms in total. The Hall–Kier alpha value is -3.58. The summed E-state index contributed by atoms with van der Waals surface area (Å²) in [6.45, 7) is 0.195. The summed E-state index contributed by atoms with van der Waals surface area (Å²) in [6.07, 6.45) is 0. The van der Waals surface area contributed by atoms with E-state index in [4.69, 9.17) is 4.74 Å². The number of hydrogen-bond acceptors (Lipinski definition) is 6. The van der Waals surface area contributed by atoms with E-state index in [9.17, 15) is 19.8 Å². The van der Waals surface area contributed by atoms with Crippen LogP contribution in [-0.4, -0.2) is 33.9 Å². The molecule has 0 aliphatic carbocycles. The highest BCUT2D eigenvalue weighted by Gasteiger charge is 2.47. The Bertz CT molecular complexity index is 1120. The number of ether oxygens (including phenoxy) is 1. The second kappa shape index (κ2) is 8.04. The van der Waals surface area contributed by atoms with E-state index in [-0.39, 0.29) is 23.6 Å². The van der Waals surface area contributed by atoms with Crippen molar-refractivity contribution in [3.8, 4) is 11.5 Å². The van der Waals surface area contributed by atoms with E-state index < -0.39 is 17.7 Å². The van der Waals surface area contributed by atoms with Crippen molar-refractivity contribution in [2.75, 3.05) is 7.11 Å². The van der Waals surface area contributed by atoms with Crippen LogP contribution in [0, 0.1) is 0 Å². The first-order valence-corrected chi connectivity index (χ1v) is 10.1. The molecule has 1 fully saturated rings. The van der Waals surface area contributed by atoms with Gasteiger partial charge in [-0.25, -0.2) is 0 Å². The van der Waals surface area contributed by atoms with Crippen molar-refractivity contribution in [1.82, 2.24) is 4.90 Å². The molecule has 152 valence electrons. The lowest BCUT2D eigenvalue weighted by atomic mass is 9.94. The number of rotatable bonds is 5. The molecule has 0 spiro atoms. The van der Waals surface area contributed by atoms with Crippen LogP contribution in [0.5, 0.6) is 11.5 Å². The molecule has 7 heteroatoms. The van der Waals surface area contributed by atoms with Crippen molar-refractivity contribution in [2.45, 2.75) is 12.6 Å². The summed E-state index contributed by atoms with van der Waals surface area (Å²) in [5.41, 5.74) is 0.705. The maximum Gasteiger partial charge on any atom is 0.295 e. The van der Waals surface area contributed by atoms with Crippen LogP contribution in [0.3, 0.4) is 0 Å². The summed E-state index contributed by atoms with van der Waals surface area (Å²) in [7, 11) is 1.53. The number of Topliss-reactive ketones (excluding diaryl/α,β-unsaturated/α-hetero) is 1. The highest BCUT2D eigenvalue weighted by Crippen LogP contribution is 2.43. The first-order chi connectivity index (χ1) is 14.5. The van der Waals surface area contributed by atoms with E-state index in [1.807, 2.05) is 17.5 Å². The van der Waals surface area contributed by atoms with Crippen LogP contribution in [0.4, 0.5) is 0 Å². The average Bonchev–Trinajstić information content (AvgIpc) is 3.36. The number of aromatic hydroxyl groups is 1. The topological polar surface area (TPSA) is 87.1 Å². The average molecular weight is 421 g/mol. The summed E-state index contributed by atoms with van der Waals surface area (Å²) < 4.78 is 5.14. The number of aliphatic hydroxyl groups is 1. The smallest absolute Gasteiger partial charge is 0.295 e. The Morgan fingerprint density at radius 1 is 1.07 bits per heavy atom. The van der Waals surface area contributed by atoms with E-state index in [2.05, 4.69) is 0 Å². The van der Waals surface area contributed by atoms with Gasteiger partial charge in [-0.2, -0.15) is 0 Å². The minimum absolute atomic E-state index is 0.0526. The summed E-state index contributed by atoms with van der Waals surface area (Å²) in [5, 5.41) is 23.3. The van der Waals surface area contributed by atoms with Crippen molar-refractivity contribution in [1.29, 1.82) is 0 Å². The predicted molar refractivity (Wildman–Crippen MR) is 113 cm³/mol. The molecule has 1 atom stereocenters. The molecule has 4 rings (SSSR count). The largest absolute Gasteiger partial charge is 0.508 e. The fourth-order valence-corrected chi connectivity index (χ4v) is 4.26. The van der Waals surface area contributed by atoms with Gasteiger partial charge in [-0.1, -0.05) is 24.3 Å². The van der Waals surface area contributed by atoms with Gasteiger partial charge in [-0.05, 0) is 41.8 Å². The predicted octanol–water partition coefficient (Wildman–Crippen LogP) is 4.08. The number of benzene rings is 2. The molecular weight excluding hydrogens is 402 g/mol. The molecule has 1 unspecified atom stereocenters. The summed E-state index contributed by atoms with van der Waals surface area (Å²) in [6, 6.07) is 15.9. The van der Waals surface area contributed by atoms with Crippen molar-refractivity contribution in [3.63, 3.8) is 0 Å². The van der Waals surface area contributed by atoms with Crippen LogP contribution in [0.2, 0.25) is 0 Å². The van der Waals surface area contributed by atoms with Crippen LogP contribution in [0.1, 0.15) is 22.0 Å². The quantitative estimate of drug-likeness (QED) is 0.368. The van der Waals surface area contributed by atoms with Crippen LogP contribution in [0.25, 0.3) is 5.76 Å². The normalized spacial score (nSPS) is 18.0. The van der Waals surface area contributed by atoms with Crippen molar-refractivity contribution in [3.05, 3.63) is 87.6 Å². The van der Waals surface area contributed by atoms with Gasteiger partial charge in [0.05, 0.1) is 25.3 Å². The fraction of sp³-hybridized carbons (Fsp3) is 0.130. The number of thiophene rings is 1. The molecule has 3 aromatic rings. The van der Waals surface area contributed by atoms with Gasteiger partial charge in [0.1, 0.15) is 17.3 Å². The molecule has 1 aliphatic heterocycles. The second-order valence-electron chi connectivity index (χ2n) is 6.79. The van der Waals surface area contributed by atoms with Gasteiger partial charge in [0.15, 0.2) is 0 Å². The van der Waals surface area contributed by atoms with Crippen molar-refractivity contribution >= 4 is 28.8 Å². The van der Waals surface area contributed by atoms with E-state index in [0.29, 0.717) is 16.9 Å². The third-order valence-electron chi connectivity index (χ3n) is 5.04. The first kappa shape index (κ1) is 19.7. The number of aliphatic hydroxyl groups excluding tert-OH is 1. The number of methoxy groups -OCH3 is 1. The van der Waals surface area contributed by atoms with Gasteiger partial charge in [-0.3, -0.25) is 9.59 Å². The van der Waals surface area contributed by atoms with Crippen molar-refractivity contribution in [2.24, 2.45) is 0 Å². The molecule has 2 aromatic carbocycles. The maximum atomic E-state index is 13.0. The Morgan fingerprint density at radius 2 is 1.80 bits per heavy atom. The van der Waals surface area contributed by atoms with Crippen LogP contribution >= 0.6 is 11.3 Å². The Balaban J connectivity index is 1.87. The van der Waals surface area contributed by atoms with Gasteiger partial charge in [0, 0.05) is 16.0 Å². The Morgan fingerprint density at radius 3 is 2.43 bits per heavy atom. The number of para-hydroxylation sites is 1. The van der Waals surface area contributed by atoms with E-state index in [0.717, 1.165) is 4.88 Å². The first-order valence-electron chi connectivity index (χ1n) is 9.24. The zero-order valence-electron chi connectivity index (χ0n) is 16.1. The molecule has 30 heavy (non-hydrogen) atoms. The molecule has 0 saturated carbocycles. The lowest BCUT2D eigenvalue weighted by Crippen LogP contribution is -2.28. The van der Waals surface area contributed by atoms with Gasteiger partial charge < -0.3 is 19.8 Å². The van der Waals surface area contributed by atoms with E-state index in [1.165, 1.54) is 29.4 Å². The summed E-state index contributed by atoms with van der Waals surface area (Å²) in [4.78, 5) is 28.2. The monoisotopic (exact) mass is 421 g/mol. The number of ketones is 1. The third-order valence-corrected chi connectivity index (χ3v) is 5.90. The highest BCUT2D eigenvalue weighted by atomic mass is 32.1.